The van der Waals surface area contributed by atoms with Crippen molar-refractivity contribution in [2.24, 2.45) is 5.73 Å². The molecular weight excluding hydrogens is 366 g/mol. The number of esters is 1. The van der Waals surface area contributed by atoms with E-state index in [9.17, 15) is 10.1 Å². The van der Waals surface area contributed by atoms with Crippen molar-refractivity contribution in [1.82, 2.24) is 4.98 Å². The van der Waals surface area contributed by atoms with E-state index in [0.717, 1.165) is 5.39 Å². The van der Waals surface area contributed by atoms with Crippen LogP contribution < -0.4 is 5.73 Å². The normalized spacial score (nSPS) is 16.7. The summed E-state index contributed by atoms with van der Waals surface area (Å²) in [5.74, 6) is -1.31. The average Bonchev–Trinajstić information content (AvgIpc) is 2.65. The molecule has 2 aromatic rings. The number of para-hydroxylation sites is 1. The fourth-order valence-electron chi connectivity index (χ4n) is 2.98. The Balaban J connectivity index is 2.22. The lowest BCUT2D eigenvalue weighted by molar-refractivity contribution is -0.138. The third kappa shape index (κ3) is 3.37. The molecule has 2 heterocycles. The van der Waals surface area contributed by atoms with Crippen LogP contribution in [0.3, 0.4) is 0 Å². The molecule has 3 rings (SSSR count). The van der Waals surface area contributed by atoms with Crippen molar-refractivity contribution in [3.63, 3.8) is 0 Å². The van der Waals surface area contributed by atoms with Crippen molar-refractivity contribution in [3.8, 4) is 6.07 Å². The van der Waals surface area contributed by atoms with Crippen molar-refractivity contribution in [1.29, 1.82) is 5.26 Å². The highest BCUT2D eigenvalue weighted by Gasteiger charge is 2.37. The first-order valence-electron chi connectivity index (χ1n) is 8.09. The maximum atomic E-state index is 12.7. The number of rotatable bonds is 4. The predicted molar refractivity (Wildman–Crippen MR) is 101 cm³/mol. The molecule has 6 nitrogen and oxygen atoms in total. The van der Waals surface area contributed by atoms with E-state index in [0.29, 0.717) is 11.1 Å². The third-order valence-electron chi connectivity index (χ3n) is 4.17. The van der Waals surface area contributed by atoms with E-state index in [1.54, 1.807) is 13.0 Å². The molecule has 136 valence electrons. The fourth-order valence-corrected chi connectivity index (χ4v) is 3.24. The minimum absolute atomic E-state index is 0.0210. The lowest BCUT2D eigenvalue weighted by Gasteiger charge is -2.27. The second-order valence-corrected chi connectivity index (χ2v) is 6.20. The summed E-state index contributed by atoms with van der Waals surface area (Å²) in [6.45, 7) is 5.13. The summed E-state index contributed by atoms with van der Waals surface area (Å²) in [6, 6.07) is 11.2. The highest BCUT2D eigenvalue weighted by molar-refractivity contribution is 6.30. The largest absolute Gasteiger partial charge is 0.458 e. The number of allylic oxidation sites excluding steroid dienone is 2. The van der Waals surface area contributed by atoms with Gasteiger partial charge < -0.3 is 15.2 Å². The second kappa shape index (κ2) is 7.52. The van der Waals surface area contributed by atoms with E-state index < -0.39 is 11.9 Å². The van der Waals surface area contributed by atoms with E-state index in [1.807, 2.05) is 30.3 Å². The molecule has 27 heavy (non-hydrogen) atoms. The van der Waals surface area contributed by atoms with Gasteiger partial charge in [0, 0.05) is 10.9 Å². The lowest BCUT2D eigenvalue weighted by Crippen LogP contribution is -2.26. The summed E-state index contributed by atoms with van der Waals surface area (Å²) in [5, 5.41) is 10.6. The van der Waals surface area contributed by atoms with Gasteiger partial charge in [-0.1, -0.05) is 42.5 Å². The molecule has 1 unspecified atom stereocenters. The molecule has 0 fully saturated rings. The molecule has 0 radical (unpaired) electrons. The van der Waals surface area contributed by atoms with Crippen LogP contribution in [0.25, 0.3) is 10.9 Å². The second-order valence-electron chi connectivity index (χ2n) is 5.84. The van der Waals surface area contributed by atoms with Gasteiger partial charge in [-0.3, -0.25) is 0 Å². The number of nitrogens with two attached hydrogens (primary N) is 1. The van der Waals surface area contributed by atoms with Crippen LogP contribution in [0.2, 0.25) is 5.15 Å². The van der Waals surface area contributed by atoms with E-state index in [4.69, 9.17) is 26.8 Å². The Kier molecular flexibility index (Phi) is 5.15. The number of carbonyl (C=O) groups is 1. The highest BCUT2D eigenvalue weighted by atomic mass is 35.5. The summed E-state index contributed by atoms with van der Waals surface area (Å²) in [7, 11) is 0. The number of aromatic nitrogens is 1. The van der Waals surface area contributed by atoms with Gasteiger partial charge in [0.15, 0.2) is 0 Å². The van der Waals surface area contributed by atoms with Crippen LogP contribution in [-0.4, -0.2) is 17.6 Å². The Hall–Kier alpha value is -3.30. The van der Waals surface area contributed by atoms with Gasteiger partial charge in [0.25, 0.3) is 0 Å². The van der Waals surface area contributed by atoms with E-state index >= 15 is 0 Å². The Morgan fingerprint density at radius 1 is 1.52 bits per heavy atom. The fraction of sp³-hybridized carbons (Fsp3) is 0.150. The third-order valence-corrected chi connectivity index (χ3v) is 4.48. The molecule has 0 aliphatic carbocycles. The Morgan fingerprint density at radius 3 is 2.96 bits per heavy atom. The number of pyridine rings is 1. The summed E-state index contributed by atoms with van der Waals surface area (Å²) < 4.78 is 10.6. The SMILES string of the molecule is C=CCOC(=O)C1=C(C)OC(N)=C(C#N)C1c1cc2ccccc2nc1Cl. The van der Waals surface area contributed by atoms with Crippen molar-refractivity contribution in [2.75, 3.05) is 6.61 Å². The van der Waals surface area contributed by atoms with E-state index in [-0.39, 0.29) is 34.5 Å². The first kappa shape index (κ1) is 18.5. The number of fused-ring (bicyclic) bond motifs is 1. The Morgan fingerprint density at radius 2 is 2.26 bits per heavy atom. The molecule has 0 spiro atoms. The van der Waals surface area contributed by atoms with Crippen LogP contribution >= 0.6 is 11.6 Å². The topological polar surface area (TPSA) is 98.2 Å². The molecule has 0 saturated heterocycles. The molecule has 0 bridgehead atoms. The molecule has 7 heteroatoms. The van der Waals surface area contributed by atoms with Gasteiger partial charge in [-0.25, -0.2) is 9.78 Å². The van der Waals surface area contributed by atoms with Gasteiger partial charge in [0.2, 0.25) is 5.88 Å². The van der Waals surface area contributed by atoms with Gasteiger partial charge in [-0.2, -0.15) is 5.26 Å². The number of benzene rings is 1. The van der Waals surface area contributed by atoms with Crippen LogP contribution in [0.4, 0.5) is 0 Å². The number of halogens is 1. The van der Waals surface area contributed by atoms with Gasteiger partial charge in [-0.05, 0) is 19.1 Å². The van der Waals surface area contributed by atoms with Crippen molar-refractivity contribution >= 4 is 28.5 Å². The summed E-state index contributed by atoms with van der Waals surface area (Å²) >= 11 is 6.41. The number of carbonyl (C=O) groups excluding carboxylic acids is 1. The number of ether oxygens (including phenoxy) is 2. The van der Waals surface area contributed by atoms with Crippen molar-refractivity contribution in [2.45, 2.75) is 12.8 Å². The van der Waals surface area contributed by atoms with Crippen molar-refractivity contribution in [3.05, 3.63) is 76.5 Å². The van der Waals surface area contributed by atoms with Crippen LogP contribution in [-0.2, 0) is 14.3 Å². The average molecular weight is 382 g/mol. The summed E-state index contributed by atoms with van der Waals surface area (Å²) in [6.07, 6.45) is 1.45. The van der Waals surface area contributed by atoms with Crippen LogP contribution in [0.15, 0.2) is 65.8 Å². The standard InChI is InChI=1S/C20H16ClN3O3/c1-3-8-26-20(25)16-11(2)27-19(23)14(10-22)17(16)13-9-12-6-4-5-7-15(12)24-18(13)21/h3-7,9,17H,1,8,23H2,2H3. The molecule has 1 aliphatic rings. The molecule has 0 amide bonds. The molecule has 2 N–H and O–H groups in total. The van der Waals surface area contributed by atoms with E-state index in [2.05, 4.69) is 11.6 Å². The monoisotopic (exact) mass is 381 g/mol. The molecule has 1 aromatic carbocycles. The predicted octanol–water partition coefficient (Wildman–Crippen LogP) is 3.70. The minimum atomic E-state index is -0.842. The number of hydrogen-bond donors (Lipinski definition) is 1. The number of nitrogens with zero attached hydrogens (tertiary/aromatic N) is 2. The van der Waals surface area contributed by atoms with Gasteiger partial charge in [-0.15, -0.1) is 0 Å². The smallest absolute Gasteiger partial charge is 0.338 e. The molecule has 1 aliphatic heterocycles. The zero-order chi connectivity index (χ0) is 19.6. The summed E-state index contributed by atoms with van der Waals surface area (Å²) in [4.78, 5) is 17.0. The van der Waals surface area contributed by atoms with Crippen molar-refractivity contribution < 1.29 is 14.3 Å². The number of nitriles is 1. The maximum Gasteiger partial charge on any atom is 0.338 e. The highest BCUT2D eigenvalue weighted by Crippen LogP contribution is 2.42. The molecule has 1 aromatic heterocycles. The van der Waals surface area contributed by atoms with Gasteiger partial charge >= 0.3 is 5.97 Å². The minimum Gasteiger partial charge on any atom is -0.458 e. The van der Waals surface area contributed by atoms with Gasteiger partial charge in [0.05, 0.1) is 17.0 Å². The first-order chi connectivity index (χ1) is 13.0. The summed E-state index contributed by atoms with van der Waals surface area (Å²) in [5.41, 5.74) is 7.30. The maximum absolute atomic E-state index is 12.7. The molecule has 1 atom stereocenters. The molecule has 0 saturated carbocycles. The zero-order valence-corrected chi connectivity index (χ0v) is 15.3. The first-order valence-corrected chi connectivity index (χ1v) is 8.47. The zero-order valence-electron chi connectivity index (χ0n) is 14.5. The van der Waals surface area contributed by atoms with Crippen LogP contribution in [0.5, 0.6) is 0 Å². The Bertz CT molecular complexity index is 1050. The van der Waals surface area contributed by atoms with Gasteiger partial charge in [0.1, 0.15) is 29.2 Å². The Labute approximate surface area is 161 Å². The lowest BCUT2D eigenvalue weighted by atomic mass is 9.83. The van der Waals surface area contributed by atoms with Crippen LogP contribution in [0, 0.1) is 11.3 Å². The van der Waals surface area contributed by atoms with Crippen LogP contribution in [0.1, 0.15) is 18.4 Å². The molecular formula is C20H16ClN3O3. The van der Waals surface area contributed by atoms with E-state index in [1.165, 1.54) is 6.08 Å². The quantitative estimate of drug-likeness (QED) is 0.492. The number of hydrogen-bond acceptors (Lipinski definition) is 6.